The van der Waals surface area contributed by atoms with E-state index in [0.717, 1.165) is 25.9 Å². The van der Waals surface area contributed by atoms with Crippen molar-refractivity contribution in [3.05, 3.63) is 0 Å². The number of ketones is 1. The molecule has 1 fully saturated rings. The van der Waals surface area contributed by atoms with Crippen LogP contribution < -0.4 is 0 Å². The summed E-state index contributed by atoms with van der Waals surface area (Å²) in [6, 6.07) is 0. The molecule has 0 spiro atoms. The normalized spacial score (nSPS) is 24.1. The third-order valence-corrected chi connectivity index (χ3v) is 3.07. The van der Waals surface area contributed by atoms with Crippen molar-refractivity contribution >= 4 is 5.78 Å². The minimum Gasteiger partial charge on any atom is -0.396 e. The highest BCUT2D eigenvalue weighted by Gasteiger charge is 2.26. The molecule has 15 heavy (non-hydrogen) atoms. The smallest absolute Gasteiger partial charge is 0.152 e. The molecule has 1 aliphatic heterocycles. The third kappa shape index (κ3) is 3.92. The third-order valence-electron chi connectivity index (χ3n) is 3.07. The molecule has 0 amide bonds. The lowest BCUT2D eigenvalue weighted by atomic mass is 9.89. The first-order valence-corrected chi connectivity index (χ1v) is 5.80. The highest BCUT2D eigenvalue weighted by Crippen LogP contribution is 2.19. The summed E-state index contributed by atoms with van der Waals surface area (Å²) in [7, 11) is 0. The lowest BCUT2D eigenvalue weighted by Crippen LogP contribution is -2.42. The Labute approximate surface area is 92.5 Å². The van der Waals surface area contributed by atoms with Gasteiger partial charge in [0.1, 0.15) is 0 Å². The second kappa shape index (κ2) is 5.08. The molecule has 0 aromatic rings. The summed E-state index contributed by atoms with van der Waals surface area (Å²) in [4.78, 5) is 14.0. The van der Waals surface area contributed by atoms with Crippen LogP contribution in [0.2, 0.25) is 0 Å². The number of piperidine rings is 1. The van der Waals surface area contributed by atoms with Crippen LogP contribution in [0.4, 0.5) is 0 Å². The summed E-state index contributed by atoms with van der Waals surface area (Å²) in [5.41, 5.74) is -0.244. The van der Waals surface area contributed by atoms with Crippen LogP contribution in [0.1, 0.15) is 33.6 Å². The van der Waals surface area contributed by atoms with Gasteiger partial charge < -0.3 is 5.11 Å². The lowest BCUT2D eigenvalue weighted by Gasteiger charge is -2.32. The van der Waals surface area contributed by atoms with Crippen LogP contribution in [0.5, 0.6) is 0 Å². The number of nitrogens with zero attached hydrogens (tertiary/aromatic N) is 1. The Balaban J connectivity index is 2.41. The van der Waals surface area contributed by atoms with Gasteiger partial charge in [0.15, 0.2) is 5.78 Å². The molecule has 0 aromatic carbocycles. The summed E-state index contributed by atoms with van der Waals surface area (Å²) in [6.07, 6.45) is 2.19. The van der Waals surface area contributed by atoms with E-state index in [2.05, 4.69) is 4.90 Å². The van der Waals surface area contributed by atoms with E-state index >= 15 is 0 Å². The van der Waals surface area contributed by atoms with Crippen molar-refractivity contribution in [3.63, 3.8) is 0 Å². The Morgan fingerprint density at radius 1 is 1.47 bits per heavy atom. The van der Waals surface area contributed by atoms with Crippen molar-refractivity contribution < 1.29 is 9.90 Å². The molecule has 0 aliphatic carbocycles. The molecule has 0 radical (unpaired) electrons. The number of likely N-dealkylation sites (tertiary alicyclic amines) is 1. The van der Waals surface area contributed by atoms with Crippen LogP contribution in [0.25, 0.3) is 0 Å². The van der Waals surface area contributed by atoms with E-state index in [4.69, 9.17) is 5.11 Å². The van der Waals surface area contributed by atoms with Crippen LogP contribution in [0.15, 0.2) is 0 Å². The molecule has 0 saturated carbocycles. The van der Waals surface area contributed by atoms with Gasteiger partial charge in [0.05, 0.1) is 6.54 Å². The minimum absolute atomic E-state index is 0.244. The highest BCUT2D eigenvalue weighted by atomic mass is 16.3. The van der Waals surface area contributed by atoms with E-state index in [1.54, 1.807) is 0 Å². The van der Waals surface area contributed by atoms with Gasteiger partial charge in [-0.25, -0.2) is 0 Å². The van der Waals surface area contributed by atoms with Crippen molar-refractivity contribution in [2.24, 2.45) is 11.3 Å². The molecular weight excluding hydrogens is 190 g/mol. The molecule has 88 valence electrons. The SMILES string of the molecule is CC(C)(C)C(=O)CN1CCCC(CO)C1. The van der Waals surface area contributed by atoms with Gasteiger partial charge in [-0.1, -0.05) is 20.8 Å². The molecule has 1 N–H and O–H groups in total. The van der Waals surface area contributed by atoms with E-state index in [0.29, 0.717) is 18.2 Å². The van der Waals surface area contributed by atoms with E-state index in [9.17, 15) is 4.79 Å². The average molecular weight is 213 g/mol. The predicted molar refractivity (Wildman–Crippen MR) is 60.7 cm³/mol. The molecule has 3 nitrogen and oxygen atoms in total. The fourth-order valence-corrected chi connectivity index (χ4v) is 1.88. The molecular formula is C12H23NO2. The van der Waals surface area contributed by atoms with Crippen LogP contribution in [-0.4, -0.2) is 42.0 Å². The van der Waals surface area contributed by atoms with Crippen molar-refractivity contribution in [2.75, 3.05) is 26.2 Å². The molecule has 0 bridgehead atoms. The van der Waals surface area contributed by atoms with Crippen LogP contribution in [-0.2, 0) is 4.79 Å². The molecule has 0 aromatic heterocycles. The fraction of sp³-hybridized carbons (Fsp3) is 0.917. The molecule has 1 unspecified atom stereocenters. The minimum atomic E-state index is -0.244. The maximum Gasteiger partial charge on any atom is 0.152 e. The first-order chi connectivity index (χ1) is 6.93. The van der Waals surface area contributed by atoms with Gasteiger partial charge in [-0.3, -0.25) is 9.69 Å². The van der Waals surface area contributed by atoms with Crippen molar-refractivity contribution in [1.29, 1.82) is 0 Å². The lowest BCUT2D eigenvalue weighted by molar-refractivity contribution is -0.128. The monoisotopic (exact) mass is 213 g/mol. The average Bonchev–Trinajstić information content (AvgIpc) is 2.16. The maximum atomic E-state index is 11.8. The summed E-state index contributed by atoms with van der Waals surface area (Å²) in [5.74, 6) is 0.660. The number of aliphatic hydroxyl groups is 1. The Hall–Kier alpha value is -0.410. The topological polar surface area (TPSA) is 40.5 Å². The van der Waals surface area contributed by atoms with Crippen molar-refractivity contribution in [3.8, 4) is 0 Å². The predicted octanol–water partition coefficient (Wildman–Crippen LogP) is 1.31. The summed E-state index contributed by atoms with van der Waals surface area (Å²) in [5, 5.41) is 9.09. The van der Waals surface area contributed by atoms with Gasteiger partial charge in [-0.05, 0) is 25.3 Å². The molecule has 1 atom stereocenters. The zero-order chi connectivity index (χ0) is 11.5. The second-order valence-electron chi connectivity index (χ2n) is 5.60. The van der Waals surface area contributed by atoms with Gasteiger partial charge in [-0.2, -0.15) is 0 Å². The number of rotatable bonds is 3. The van der Waals surface area contributed by atoms with Gasteiger partial charge >= 0.3 is 0 Å². The standard InChI is InChI=1S/C12H23NO2/c1-12(2,3)11(15)8-13-6-4-5-10(7-13)9-14/h10,14H,4-9H2,1-3H3. The number of carbonyl (C=O) groups is 1. The van der Waals surface area contributed by atoms with Gasteiger partial charge in [0.2, 0.25) is 0 Å². The Morgan fingerprint density at radius 2 is 2.13 bits per heavy atom. The van der Waals surface area contributed by atoms with Gasteiger partial charge in [0.25, 0.3) is 0 Å². The number of Topliss-reactive ketones (excluding diaryl/α,β-unsaturated/α-hetero) is 1. The Kier molecular flexibility index (Phi) is 4.29. The molecule has 1 aliphatic rings. The van der Waals surface area contributed by atoms with Crippen LogP contribution in [0, 0.1) is 11.3 Å². The van der Waals surface area contributed by atoms with E-state index < -0.39 is 0 Å². The molecule has 1 rings (SSSR count). The highest BCUT2D eigenvalue weighted by molar-refractivity contribution is 5.85. The zero-order valence-electron chi connectivity index (χ0n) is 10.1. The summed E-state index contributed by atoms with van der Waals surface area (Å²) < 4.78 is 0. The largest absolute Gasteiger partial charge is 0.396 e. The van der Waals surface area contributed by atoms with Crippen molar-refractivity contribution in [1.82, 2.24) is 4.90 Å². The first kappa shape index (κ1) is 12.7. The maximum absolute atomic E-state index is 11.8. The molecule has 3 heteroatoms. The first-order valence-electron chi connectivity index (χ1n) is 5.80. The summed E-state index contributed by atoms with van der Waals surface area (Å²) in [6.45, 7) is 8.55. The van der Waals surface area contributed by atoms with Gasteiger partial charge in [0, 0.05) is 18.6 Å². The Morgan fingerprint density at radius 3 is 2.67 bits per heavy atom. The van der Waals surface area contributed by atoms with E-state index in [1.807, 2.05) is 20.8 Å². The zero-order valence-corrected chi connectivity index (χ0v) is 10.1. The Bertz CT molecular complexity index is 220. The molecule has 1 saturated heterocycles. The van der Waals surface area contributed by atoms with Crippen LogP contribution >= 0.6 is 0 Å². The number of carbonyl (C=O) groups excluding carboxylic acids is 1. The molecule has 1 heterocycles. The second-order valence-corrected chi connectivity index (χ2v) is 5.60. The quantitative estimate of drug-likeness (QED) is 0.768. The summed E-state index contributed by atoms with van der Waals surface area (Å²) >= 11 is 0. The van der Waals surface area contributed by atoms with E-state index in [1.165, 1.54) is 0 Å². The number of hydrogen-bond donors (Lipinski definition) is 1. The number of hydrogen-bond acceptors (Lipinski definition) is 3. The van der Waals surface area contributed by atoms with Crippen molar-refractivity contribution in [2.45, 2.75) is 33.6 Å². The van der Waals surface area contributed by atoms with Crippen LogP contribution in [0.3, 0.4) is 0 Å². The fourth-order valence-electron chi connectivity index (χ4n) is 1.88. The van der Waals surface area contributed by atoms with E-state index in [-0.39, 0.29) is 12.0 Å². The van der Waals surface area contributed by atoms with Gasteiger partial charge in [-0.15, -0.1) is 0 Å². The number of aliphatic hydroxyl groups excluding tert-OH is 1.